The summed E-state index contributed by atoms with van der Waals surface area (Å²) in [6.07, 6.45) is 1.95. The third-order valence-corrected chi connectivity index (χ3v) is 2.78. The Morgan fingerprint density at radius 2 is 2.19 bits per heavy atom. The minimum atomic E-state index is -0.206. The van der Waals surface area contributed by atoms with E-state index in [4.69, 9.17) is 4.74 Å². The number of rotatable bonds is 3. The number of hydrogen-bond acceptors (Lipinski definition) is 2. The molecule has 1 aromatic carbocycles. The van der Waals surface area contributed by atoms with Gasteiger partial charge in [-0.1, -0.05) is 18.2 Å². The molecule has 2 nitrogen and oxygen atoms in total. The molecule has 1 aromatic rings. The minimum Gasteiger partial charge on any atom is -0.371 e. The smallest absolute Gasteiger partial charge is 0.123 e. The summed E-state index contributed by atoms with van der Waals surface area (Å²) in [5.41, 5.74) is 1.04. The molecule has 0 bridgehead atoms. The standard InChI is InChI=1S/C13H16FNO/c1-2-7-15-8-9-16-13(10-15)11-3-5-12(14)6-4-11/h2-6,13H,1,7-10H2. The average molecular weight is 221 g/mol. The van der Waals surface area contributed by atoms with Gasteiger partial charge in [0.25, 0.3) is 0 Å². The van der Waals surface area contributed by atoms with E-state index < -0.39 is 0 Å². The molecule has 0 amide bonds. The number of halogens is 1. The van der Waals surface area contributed by atoms with E-state index in [1.165, 1.54) is 12.1 Å². The van der Waals surface area contributed by atoms with E-state index in [0.29, 0.717) is 0 Å². The van der Waals surface area contributed by atoms with Crippen LogP contribution < -0.4 is 0 Å². The van der Waals surface area contributed by atoms with Crippen molar-refractivity contribution < 1.29 is 9.13 Å². The van der Waals surface area contributed by atoms with E-state index in [2.05, 4.69) is 11.5 Å². The van der Waals surface area contributed by atoms with Crippen LogP contribution in [0.5, 0.6) is 0 Å². The van der Waals surface area contributed by atoms with Crippen molar-refractivity contribution in [3.8, 4) is 0 Å². The zero-order valence-corrected chi connectivity index (χ0v) is 9.23. The van der Waals surface area contributed by atoms with E-state index in [1.807, 2.05) is 6.08 Å². The maximum absolute atomic E-state index is 12.8. The summed E-state index contributed by atoms with van der Waals surface area (Å²) in [5.74, 6) is -0.206. The molecule has 1 unspecified atom stereocenters. The highest BCUT2D eigenvalue weighted by Gasteiger charge is 2.20. The topological polar surface area (TPSA) is 12.5 Å². The molecule has 1 aliphatic rings. The Hall–Kier alpha value is -1.19. The highest BCUT2D eigenvalue weighted by atomic mass is 19.1. The van der Waals surface area contributed by atoms with Crippen LogP contribution in [0.3, 0.4) is 0 Å². The van der Waals surface area contributed by atoms with Crippen molar-refractivity contribution in [3.63, 3.8) is 0 Å². The normalized spacial score (nSPS) is 21.9. The van der Waals surface area contributed by atoms with Gasteiger partial charge in [-0.2, -0.15) is 0 Å². The number of morpholine rings is 1. The maximum Gasteiger partial charge on any atom is 0.123 e. The van der Waals surface area contributed by atoms with Crippen LogP contribution in [0.4, 0.5) is 4.39 Å². The summed E-state index contributed by atoms with van der Waals surface area (Å²) in [5, 5.41) is 0. The minimum absolute atomic E-state index is 0.0503. The Morgan fingerprint density at radius 1 is 1.44 bits per heavy atom. The van der Waals surface area contributed by atoms with Crippen LogP contribution in [-0.4, -0.2) is 31.1 Å². The van der Waals surface area contributed by atoms with Crippen LogP contribution in [-0.2, 0) is 4.74 Å². The monoisotopic (exact) mass is 221 g/mol. The molecular weight excluding hydrogens is 205 g/mol. The molecule has 1 fully saturated rings. The summed E-state index contributed by atoms with van der Waals surface area (Å²) >= 11 is 0. The van der Waals surface area contributed by atoms with Gasteiger partial charge in [-0.05, 0) is 17.7 Å². The Bertz CT molecular complexity index is 349. The molecule has 3 heteroatoms. The number of hydrogen-bond donors (Lipinski definition) is 0. The summed E-state index contributed by atoms with van der Waals surface area (Å²) in [7, 11) is 0. The van der Waals surface area contributed by atoms with E-state index in [9.17, 15) is 4.39 Å². The second-order valence-corrected chi connectivity index (χ2v) is 3.96. The van der Waals surface area contributed by atoms with E-state index >= 15 is 0 Å². The molecule has 2 rings (SSSR count). The van der Waals surface area contributed by atoms with Crippen LogP contribution in [0.25, 0.3) is 0 Å². The summed E-state index contributed by atoms with van der Waals surface area (Å²) in [6.45, 7) is 7.11. The Labute approximate surface area is 95.3 Å². The molecule has 0 saturated carbocycles. The molecule has 0 N–H and O–H groups in total. The predicted molar refractivity (Wildman–Crippen MR) is 61.7 cm³/mol. The zero-order chi connectivity index (χ0) is 11.4. The largest absolute Gasteiger partial charge is 0.371 e. The SMILES string of the molecule is C=CCN1CCOC(c2ccc(F)cc2)C1. The fourth-order valence-corrected chi connectivity index (χ4v) is 1.93. The van der Waals surface area contributed by atoms with E-state index in [-0.39, 0.29) is 11.9 Å². The molecule has 1 saturated heterocycles. The fraction of sp³-hybridized carbons (Fsp3) is 0.385. The van der Waals surface area contributed by atoms with Gasteiger partial charge >= 0.3 is 0 Å². The van der Waals surface area contributed by atoms with Crippen LogP contribution in [0, 0.1) is 5.82 Å². The average Bonchev–Trinajstić information content (AvgIpc) is 2.31. The molecule has 0 radical (unpaired) electrons. The molecule has 1 heterocycles. The van der Waals surface area contributed by atoms with Gasteiger partial charge in [-0.25, -0.2) is 4.39 Å². The Kier molecular flexibility index (Phi) is 3.70. The number of nitrogens with zero attached hydrogens (tertiary/aromatic N) is 1. The summed E-state index contributed by atoms with van der Waals surface area (Å²) in [4.78, 5) is 2.28. The highest BCUT2D eigenvalue weighted by molar-refractivity contribution is 5.19. The maximum atomic E-state index is 12.8. The first-order valence-corrected chi connectivity index (χ1v) is 5.50. The Balaban J connectivity index is 2.03. The van der Waals surface area contributed by atoms with Crippen LogP contribution in [0.1, 0.15) is 11.7 Å². The first kappa shape index (κ1) is 11.3. The van der Waals surface area contributed by atoms with Gasteiger partial charge < -0.3 is 4.74 Å². The second-order valence-electron chi connectivity index (χ2n) is 3.96. The molecule has 0 aromatic heterocycles. The van der Waals surface area contributed by atoms with Crippen molar-refractivity contribution in [2.24, 2.45) is 0 Å². The van der Waals surface area contributed by atoms with Crippen molar-refractivity contribution in [1.82, 2.24) is 4.90 Å². The molecular formula is C13H16FNO. The first-order valence-electron chi connectivity index (χ1n) is 5.50. The Morgan fingerprint density at radius 3 is 2.88 bits per heavy atom. The van der Waals surface area contributed by atoms with Crippen molar-refractivity contribution in [2.45, 2.75) is 6.10 Å². The van der Waals surface area contributed by atoms with Crippen LogP contribution in [0.2, 0.25) is 0 Å². The quantitative estimate of drug-likeness (QED) is 0.727. The summed E-state index contributed by atoms with van der Waals surface area (Å²) < 4.78 is 18.5. The fourth-order valence-electron chi connectivity index (χ4n) is 1.93. The lowest BCUT2D eigenvalue weighted by molar-refractivity contribution is -0.0260. The number of benzene rings is 1. The van der Waals surface area contributed by atoms with Gasteiger partial charge in [0.15, 0.2) is 0 Å². The lowest BCUT2D eigenvalue weighted by Gasteiger charge is -2.32. The van der Waals surface area contributed by atoms with Crippen molar-refractivity contribution in [1.29, 1.82) is 0 Å². The molecule has 0 spiro atoms. The van der Waals surface area contributed by atoms with Gasteiger partial charge in [0.2, 0.25) is 0 Å². The van der Waals surface area contributed by atoms with Gasteiger partial charge in [0.1, 0.15) is 5.82 Å². The molecule has 1 aliphatic heterocycles. The molecule has 16 heavy (non-hydrogen) atoms. The van der Waals surface area contributed by atoms with Crippen LogP contribution >= 0.6 is 0 Å². The van der Waals surface area contributed by atoms with Gasteiger partial charge in [0.05, 0.1) is 12.7 Å². The molecule has 86 valence electrons. The molecule has 1 atom stereocenters. The third kappa shape index (κ3) is 2.68. The molecule has 0 aliphatic carbocycles. The first-order chi connectivity index (χ1) is 7.79. The van der Waals surface area contributed by atoms with E-state index in [1.54, 1.807) is 12.1 Å². The van der Waals surface area contributed by atoms with Crippen molar-refractivity contribution in [3.05, 3.63) is 48.3 Å². The van der Waals surface area contributed by atoms with Crippen molar-refractivity contribution >= 4 is 0 Å². The van der Waals surface area contributed by atoms with Gasteiger partial charge in [-0.3, -0.25) is 4.90 Å². The van der Waals surface area contributed by atoms with Gasteiger partial charge in [-0.15, -0.1) is 6.58 Å². The van der Waals surface area contributed by atoms with Crippen molar-refractivity contribution in [2.75, 3.05) is 26.2 Å². The second kappa shape index (κ2) is 5.23. The van der Waals surface area contributed by atoms with E-state index in [0.717, 1.165) is 31.8 Å². The zero-order valence-electron chi connectivity index (χ0n) is 9.23. The van der Waals surface area contributed by atoms with Gasteiger partial charge in [0, 0.05) is 19.6 Å². The predicted octanol–water partition coefficient (Wildman–Crippen LogP) is 2.39. The van der Waals surface area contributed by atoms with Crippen LogP contribution in [0.15, 0.2) is 36.9 Å². The lowest BCUT2D eigenvalue weighted by atomic mass is 10.1. The highest BCUT2D eigenvalue weighted by Crippen LogP contribution is 2.22. The summed E-state index contributed by atoms with van der Waals surface area (Å²) in [6, 6.07) is 6.53. The third-order valence-electron chi connectivity index (χ3n) is 2.78. The number of ether oxygens (including phenoxy) is 1. The lowest BCUT2D eigenvalue weighted by Crippen LogP contribution is -2.38.